The molecule has 0 aliphatic carbocycles. The largest absolute Gasteiger partial charge is 0.331 e. The Balaban J connectivity index is 1.55. The Morgan fingerprint density at radius 2 is 1.90 bits per heavy atom. The molecule has 0 aromatic heterocycles. The molecule has 2 amide bonds. The van der Waals surface area contributed by atoms with Crippen LogP contribution in [0.25, 0.3) is 0 Å². The van der Waals surface area contributed by atoms with Crippen LogP contribution >= 0.6 is 23.4 Å². The Kier molecular flexibility index (Phi) is 6.96. The Bertz CT molecular complexity index is 1070. The number of benzene rings is 2. The third kappa shape index (κ3) is 5.28. The lowest BCUT2D eigenvalue weighted by Crippen LogP contribution is -2.59. The number of nitrogens with one attached hydrogen (secondary N) is 3. The molecule has 0 saturated carbocycles. The van der Waals surface area contributed by atoms with Gasteiger partial charge >= 0.3 is 0 Å². The smallest absolute Gasteiger partial charge is 0.241 e. The van der Waals surface area contributed by atoms with E-state index in [1.165, 1.54) is 24.3 Å². The Labute approximate surface area is 180 Å². The van der Waals surface area contributed by atoms with Crippen molar-refractivity contribution in [2.75, 3.05) is 17.6 Å². The van der Waals surface area contributed by atoms with Gasteiger partial charge in [0.15, 0.2) is 15.1 Å². The van der Waals surface area contributed by atoms with E-state index >= 15 is 0 Å². The second-order valence-electron chi connectivity index (χ2n) is 6.27. The number of sulfone groups is 1. The van der Waals surface area contributed by atoms with Crippen LogP contribution in [0.3, 0.4) is 0 Å². The second kappa shape index (κ2) is 9.29. The van der Waals surface area contributed by atoms with Crippen LogP contribution in [0, 0.1) is 11.6 Å². The molecule has 160 valence electrons. The molecule has 2 unspecified atom stereocenters. The van der Waals surface area contributed by atoms with Crippen molar-refractivity contribution < 1.29 is 26.8 Å². The van der Waals surface area contributed by atoms with Gasteiger partial charge in [-0.3, -0.25) is 14.9 Å². The van der Waals surface area contributed by atoms with E-state index in [0.717, 1.165) is 30.0 Å². The van der Waals surface area contributed by atoms with Gasteiger partial charge in [0, 0.05) is 17.6 Å². The van der Waals surface area contributed by atoms with Crippen molar-refractivity contribution in [2.45, 2.75) is 15.6 Å². The normalized spacial score (nSPS) is 19.2. The minimum atomic E-state index is -3.93. The maximum absolute atomic E-state index is 13.6. The number of hydrogen-bond acceptors (Lipinski definition) is 6. The van der Waals surface area contributed by atoms with Crippen LogP contribution in [0.5, 0.6) is 0 Å². The molecule has 7 nitrogen and oxygen atoms in total. The molecule has 3 rings (SSSR count). The lowest BCUT2D eigenvalue weighted by molar-refractivity contribution is -0.122. The zero-order valence-electron chi connectivity index (χ0n) is 15.2. The van der Waals surface area contributed by atoms with E-state index in [1.54, 1.807) is 0 Å². The molecular formula is C18H16ClF2N3O4S2. The van der Waals surface area contributed by atoms with Gasteiger partial charge in [0.1, 0.15) is 17.1 Å². The van der Waals surface area contributed by atoms with Crippen molar-refractivity contribution in [3.05, 3.63) is 59.1 Å². The first-order valence-corrected chi connectivity index (χ1v) is 11.5. The van der Waals surface area contributed by atoms with E-state index < -0.39 is 44.0 Å². The number of thioether (sulfide) groups is 1. The average molecular weight is 476 g/mol. The molecule has 12 heteroatoms. The minimum absolute atomic E-state index is 0.0311. The summed E-state index contributed by atoms with van der Waals surface area (Å²) in [5.74, 6) is -3.00. The van der Waals surface area contributed by atoms with Crippen molar-refractivity contribution in [1.29, 1.82) is 0 Å². The number of carbonyl (C=O) groups excluding carboxylic acids is 2. The van der Waals surface area contributed by atoms with Gasteiger partial charge in [-0.1, -0.05) is 11.6 Å². The highest BCUT2D eigenvalue weighted by Crippen LogP contribution is 2.22. The maximum Gasteiger partial charge on any atom is 0.241 e. The van der Waals surface area contributed by atoms with Gasteiger partial charge in [-0.05, 0) is 36.4 Å². The minimum Gasteiger partial charge on any atom is -0.331 e. The zero-order chi connectivity index (χ0) is 21.9. The quantitative estimate of drug-likeness (QED) is 0.591. The van der Waals surface area contributed by atoms with Crippen LogP contribution in [0.15, 0.2) is 47.4 Å². The molecule has 0 spiro atoms. The van der Waals surface area contributed by atoms with Crippen molar-refractivity contribution >= 4 is 50.7 Å². The number of anilines is 1. The first-order valence-electron chi connectivity index (χ1n) is 8.56. The van der Waals surface area contributed by atoms with Crippen LogP contribution in [0.4, 0.5) is 14.5 Å². The van der Waals surface area contributed by atoms with Crippen molar-refractivity contribution in [3.8, 4) is 0 Å². The van der Waals surface area contributed by atoms with Gasteiger partial charge in [0.25, 0.3) is 0 Å². The Morgan fingerprint density at radius 1 is 1.20 bits per heavy atom. The highest BCUT2D eigenvalue weighted by atomic mass is 35.5. The Morgan fingerprint density at radius 3 is 2.57 bits per heavy atom. The summed E-state index contributed by atoms with van der Waals surface area (Å²) < 4.78 is 52.1. The standard InChI is InChI=1S/C18H16ClF2N3O4S2/c19-10-1-4-12(5-2-10)30(27,28)15-8-22-18(24-17(15)26)29-9-16(25)23-14-7-11(20)3-6-13(14)21/h1-7,15,18,22H,8-9H2,(H,23,25)(H,24,26). The predicted molar refractivity (Wildman–Crippen MR) is 110 cm³/mol. The monoisotopic (exact) mass is 475 g/mol. The van der Waals surface area contributed by atoms with Gasteiger partial charge in [0.2, 0.25) is 11.8 Å². The van der Waals surface area contributed by atoms with Gasteiger partial charge < -0.3 is 10.6 Å². The van der Waals surface area contributed by atoms with E-state index in [4.69, 9.17) is 11.6 Å². The van der Waals surface area contributed by atoms with E-state index in [1.807, 2.05) is 0 Å². The summed E-state index contributed by atoms with van der Waals surface area (Å²) in [5.41, 5.74) is -1.02. The van der Waals surface area contributed by atoms with Crippen molar-refractivity contribution in [1.82, 2.24) is 10.6 Å². The van der Waals surface area contributed by atoms with E-state index in [2.05, 4.69) is 16.0 Å². The third-order valence-electron chi connectivity index (χ3n) is 4.15. The second-order valence-corrected chi connectivity index (χ2v) is 9.93. The van der Waals surface area contributed by atoms with Gasteiger partial charge in [-0.25, -0.2) is 17.2 Å². The first kappa shape index (κ1) is 22.5. The van der Waals surface area contributed by atoms with Crippen LogP contribution in [0.2, 0.25) is 5.02 Å². The van der Waals surface area contributed by atoms with Gasteiger partial charge in [-0.2, -0.15) is 0 Å². The summed E-state index contributed by atoms with van der Waals surface area (Å²) in [6, 6.07) is 8.15. The number of carbonyl (C=O) groups is 2. The fourth-order valence-electron chi connectivity index (χ4n) is 2.66. The summed E-state index contributed by atoms with van der Waals surface area (Å²) in [7, 11) is -3.93. The molecule has 1 aliphatic heterocycles. The first-order chi connectivity index (χ1) is 14.2. The molecule has 0 bridgehead atoms. The number of rotatable bonds is 6. The lowest BCUT2D eigenvalue weighted by Gasteiger charge is -2.29. The van der Waals surface area contributed by atoms with Crippen molar-refractivity contribution in [2.24, 2.45) is 0 Å². The molecule has 3 N–H and O–H groups in total. The molecule has 2 aromatic rings. The molecular weight excluding hydrogens is 460 g/mol. The van der Waals surface area contributed by atoms with Crippen molar-refractivity contribution in [3.63, 3.8) is 0 Å². The maximum atomic E-state index is 13.6. The summed E-state index contributed by atoms with van der Waals surface area (Å²) in [6.07, 6.45) is 0. The van der Waals surface area contributed by atoms with E-state index in [9.17, 15) is 26.8 Å². The molecule has 1 fully saturated rings. The molecule has 1 heterocycles. The topological polar surface area (TPSA) is 104 Å². The molecule has 30 heavy (non-hydrogen) atoms. The highest BCUT2D eigenvalue weighted by molar-refractivity contribution is 8.00. The number of amides is 2. The van der Waals surface area contributed by atoms with Crippen LogP contribution in [-0.4, -0.2) is 43.3 Å². The number of hydrogen-bond donors (Lipinski definition) is 3. The fourth-order valence-corrected chi connectivity index (χ4v) is 5.10. The summed E-state index contributed by atoms with van der Waals surface area (Å²) in [5, 5.41) is 6.59. The van der Waals surface area contributed by atoms with E-state index in [0.29, 0.717) is 5.02 Å². The molecule has 2 atom stereocenters. The number of halogens is 3. The lowest BCUT2D eigenvalue weighted by atomic mass is 10.3. The summed E-state index contributed by atoms with van der Waals surface area (Å²) in [4.78, 5) is 24.3. The molecule has 1 aliphatic rings. The SMILES string of the molecule is O=C(CSC1NCC(S(=O)(=O)c2ccc(Cl)cc2)C(=O)N1)Nc1cc(F)ccc1F. The molecule has 0 radical (unpaired) electrons. The summed E-state index contributed by atoms with van der Waals surface area (Å²) in [6.45, 7) is -0.158. The molecule has 2 aromatic carbocycles. The van der Waals surface area contributed by atoms with Gasteiger partial charge in [0.05, 0.1) is 16.3 Å². The Hall–Kier alpha value is -2.21. The van der Waals surface area contributed by atoms with E-state index in [-0.39, 0.29) is 22.9 Å². The average Bonchev–Trinajstić information content (AvgIpc) is 2.69. The van der Waals surface area contributed by atoms with Gasteiger partial charge in [-0.15, -0.1) is 11.8 Å². The highest BCUT2D eigenvalue weighted by Gasteiger charge is 2.38. The predicted octanol–water partition coefficient (Wildman–Crippen LogP) is 2.14. The third-order valence-corrected chi connectivity index (χ3v) is 7.51. The fraction of sp³-hybridized carbons (Fsp3) is 0.222. The van der Waals surface area contributed by atoms with Crippen LogP contribution in [0.1, 0.15) is 0 Å². The zero-order valence-corrected chi connectivity index (χ0v) is 17.6. The molecule has 1 saturated heterocycles. The van der Waals surface area contributed by atoms with Crippen LogP contribution < -0.4 is 16.0 Å². The van der Waals surface area contributed by atoms with Crippen LogP contribution in [-0.2, 0) is 19.4 Å². The summed E-state index contributed by atoms with van der Waals surface area (Å²) >= 11 is 6.73.